The van der Waals surface area contributed by atoms with Crippen LogP contribution in [-0.4, -0.2) is 41.9 Å². The molecule has 0 radical (unpaired) electrons. The molecule has 1 aromatic heterocycles. The van der Waals surface area contributed by atoms with Crippen molar-refractivity contribution in [3.8, 4) is 17.2 Å². The number of anilines is 1. The van der Waals surface area contributed by atoms with Gasteiger partial charge in [0.1, 0.15) is 12.4 Å². The zero-order valence-electron chi connectivity index (χ0n) is 19.7. The Balaban J connectivity index is 1.61. The van der Waals surface area contributed by atoms with E-state index in [2.05, 4.69) is 15.4 Å². The number of hydrogen-bond acceptors (Lipinski definition) is 7. The van der Waals surface area contributed by atoms with E-state index in [1.54, 1.807) is 12.1 Å². The first kappa shape index (κ1) is 23.7. The number of halogens is 3. The molecule has 0 fully saturated rings. The van der Waals surface area contributed by atoms with E-state index in [0.717, 1.165) is 11.6 Å². The highest BCUT2D eigenvalue weighted by Crippen LogP contribution is 2.48. The molecule has 1 N–H and O–H groups in total. The van der Waals surface area contributed by atoms with Gasteiger partial charge < -0.3 is 19.5 Å². The Morgan fingerprint density at radius 3 is 2.36 bits per heavy atom. The SMILES string of the molecule is COc1cc([C@H]2CC(=O)C3=C(C2)Nc2ncnn2[C@@H]3c2ccccc2C(F)(F)F)cc(OC)c1OC. The number of aromatic nitrogens is 3. The minimum atomic E-state index is -4.60. The molecule has 188 valence electrons. The van der Waals surface area contributed by atoms with Crippen LogP contribution in [0.4, 0.5) is 19.1 Å². The fourth-order valence-corrected chi connectivity index (χ4v) is 5.01. The highest BCUT2D eigenvalue weighted by Gasteiger charge is 2.43. The first-order valence-corrected chi connectivity index (χ1v) is 11.2. The molecule has 1 aliphatic heterocycles. The van der Waals surface area contributed by atoms with Crippen molar-refractivity contribution in [2.75, 3.05) is 26.6 Å². The van der Waals surface area contributed by atoms with E-state index in [4.69, 9.17) is 14.2 Å². The number of allylic oxidation sites excluding steroid dienone is 2. The van der Waals surface area contributed by atoms with Gasteiger partial charge in [0.05, 0.1) is 26.9 Å². The van der Waals surface area contributed by atoms with Crippen LogP contribution in [0.1, 0.15) is 41.5 Å². The van der Waals surface area contributed by atoms with Crippen LogP contribution in [0.2, 0.25) is 0 Å². The largest absolute Gasteiger partial charge is 0.493 e. The minimum Gasteiger partial charge on any atom is -0.493 e. The summed E-state index contributed by atoms with van der Waals surface area (Å²) in [6.45, 7) is 0. The summed E-state index contributed by atoms with van der Waals surface area (Å²) in [5.41, 5.74) is 0.696. The average Bonchev–Trinajstić information content (AvgIpc) is 3.34. The van der Waals surface area contributed by atoms with Crippen LogP contribution < -0.4 is 19.5 Å². The summed E-state index contributed by atoms with van der Waals surface area (Å²) >= 11 is 0. The molecule has 0 saturated heterocycles. The van der Waals surface area contributed by atoms with Crippen LogP contribution in [0.3, 0.4) is 0 Å². The second kappa shape index (κ2) is 8.89. The van der Waals surface area contributed by atoms with Gasteiger partial charge in [0.15, 0.2) is 17.3 Å². The van der Waals surface area contributed by atoms with Gasteiger partial charge in [-0.3, -0.25) is 4.79 Å². The lowest BCUT2D eigenvalue weighted by atomic mass is 9.77. The fraction of sp³-hybridized carbons (Fsp3) is 0.320. The van der Waals surface area contributed by atoms with Crippen molar-refractivity contribution in [3.05, 3.63) is 70.7 Å². The molecular formula is C25H23F3N4O4. The van der Waals surface area contributed by atoms with Gasteiger partial charge in [-0.05, 0) is 41.7 Å². The molecule has 0 amide bonds. The first-order valence-electron chi connectivity index (χ1n) is 11.2. The number of methoxy groups -OCH3 is 3. The quantitative estimate of drug-likeness (QED) is 0.542. The number of Topliss-reactive ketones (excluding diaryl/α,β-unsaturated/α-hetero) is 1. The van der Waals surface area contributed by atoms with E-state index < -0.39 is 17.8 Å². The Labute approximate surface area is 204 Å². The Morgan fingerprint density at radius 1 is 1.03 bits per heavy atom. The standard InChI is InChI=1S/C25H23F3N4O4/c1-34-19-10-14(11-20(35-2)23(19)36-3)13-8-17-21(18(33)9-13)22(32-24(31-17)29-12-30-32)15-6-4-5-7-16(15)25(26,27)28/h4-7,10-13,22H,8-9H2,1-3H3,(H,29,30,31)/t13-,22-/m1/s1. The number of hydrogen-bond donors (Lipinski definition) is 1. The number of carbonyl (C=O) groups excluding carboxylic acids is 1. The molecule has 2 heterocycles. The van der Waals surface area contributed by atoms with Crippen molar-refractivity contribution < 1.29 is 32.2 Å². The predicted molar refractivity (Wildman–Crippen MR) is 123 cm³/mol. The lowest BCUT2D eigenvalue weighted by Gasteiger charge is -2.36. The van der Waals surface area contributed by atoms with Gasteiger partial charge in [-0.25, -0.2) is 4.68 Å². The molecule has 3 aromatic rings. The molecular weight excluding hydrogens is 477 g/mol. The number of carbonyl (C=O) groups is 1. The van der Waals surface area contributed by atoms with E-state index in [1.807, 2.05) is 0 Å². The average molecular weight is 500 g/mol. The molecule has 0 unspecified atom stereocenters. The van der Waals surface area contributed by atoms with Crippen molar-refractivity contribution in [2.45, 2.75) is 31.0 Å². The highest BCUT2D eigenvalue weighted by atomic mass is 19.4. The van der Waals surface area contributed by atoms with Crippen molar-refractivity contribution in [1.29, 1.82) is 0 Å². The van der Waals surface area contributed by atoms with Gasteiger partial charge in [-0.15, -0.1) is 0 Å². The van der Waals surface area contributed by atoms with Gasteiger partial charge in [-0.1, -0.05) is 18.2 Å². The zero-order valence-corrected chi connectivity index (χ0v) is 19.7. The van der Waals surface area contributed by atoms with Crippen LogP contribution in [0.15, 0.2) is 54.0 Å². The van der Waals surface area contributed by atoms with Crippen LogP contribution in [-0.2, 0) is 11.0 Å². The summed E-state index contributed by atoms with van der Waals surface area (Å²) in [4.78, 5) is 17.8. The molecule has 2 aliphatic rings. The number of ether oxygens (including phenoxy) is 3. The molecule has 5 rings (SSSR count). The van der Waals surface area contributed by atoms with Gasteiger partial charge in [-0.2, -0.15) is 23.3 Å². The Morgan fingerprint density at radius 2 is 1.72 bits per heavy atom. The number of ketones is 1. The molecule has 0 spiro atoms. The van der Waals surface area contributed by atoms with Crippen molar-refractivity contribution in [2.24, 2.45) is 0 Å². The highest BCUT2D eigenvalue weighted by molar-refractivity contribution is 6.00. The van der Waals surface area contributed by atoms with Gasteiger partial charge in [0.25, 0.3) is 0 Å². The summed E-state index contributed by atoms with van der Waals surface area (Å²) in [7, 11) is 4.51. The summed E-state index contributed by atoms with van der Waals surface area (Å²) < 4.78 is 59.4. The fourth-order valence-electron chi connectivity index (χ4n) is 5.01. The topological polar surface area (TPSA) is 87.5 Å². The van der Waals surface area contributed by atoms with E-state index in [1.165, 1.54) is 50.5 Å². The molecule has 2 atom stereocenters. The Kier molecular flexibility index (Phi) is 5.85. The third-order valence-electron chi connectivity index (χ3n) is 6.58. The van der Waals surface area contributed by atoms with E-state index in [-0.39, 0.29) is 35.2 Å². The van der Waals surface area contributed by atoms with Crippen LogP contribution >= 0.6 is 0 Å². The normalized spacial score (nSPS) is 19.3. The van der Waals surface area contributed by atoms with Gasteiger partial charge in [0, 0.05) is 17.7 Å². The van der Waals surface area contributed by atoms with Crippen LogP contribution in [0.5, 0.6) is 17.2 Å². The van der Waals surface area contributed by atoms with Crippen molar-refractivity contribution >= 4 is 11.7 Å². The van der Waals surface area contributed by atoms with Crippen LogP contribution in [0, 0.1) is 0 Å². The first-order chi connectivity index (χ1) is 17.3. The van der Waals surface area contributed by atoms with Gasteiger partial charge in [0.2, 0.25) is 11.7 Å². The number of nitrogens with one attached hydrogen (secondary N) is 1. The van der Waals surface area contributed by atoms with Gasteiger partial charge >= 0.3 is 6.18 Å². The van der Waals surface area contributed by atoms with E-state index in [9.17, 15) is 18.0 Å². The smallest absolute Gasteiger partial charge is 0.416 e. The van der Waals surface area contributed by atoms with E-state index >= 15 is 0 Å². The third-order valence-corrected chi connectivity index (χ3v) is 6.58. The summed E-state index contributed by atoms with van der Waals surface area (Å²) in [5, 5.41) is 7.27. The molecule has 0 saturated carbocycles. The second-order valence-corrected chi connectivity index (χ2v) is 8.52. The Bertz CT molecular complexity index is 1340. The lowest BCUT2D eigenvalue weighted by Crippen LogP contribution is -2.34. The summed E-state index contributed by atoms with van der Waals surface area (Å²) in [6.07, 6.45) is -2.88. The third kappa shape index (κ3) is 3.84. The number of fused-ring (bicyclic) bond motifs is 1. The molecule has 0 bridgehead atoms. The molecule has 2 aromatic carbocycles. The lowest BCUT2D eigenvalue weighted by molar-refractivity contribution is -0.138. The molecule has 1 aliphatic carbocycles. The summed E-state index contributed by atoms with van der Waals surface area (Å²) in [6, 6.07) is 7.77. The van der Waals surface area contributed by atoms with Crippen molar-refractivity contribution in [3.63, 3.8) is 0 Å². The second-order valence-electron chi connectivity index (χ2n) is 8.52. The summed E-state index contributed by atoms with van der Waals surface area (Å²) in [5.74, 6) is 1.06. The maximum atomic E-state index is 13.9. The molecule has 8 nitrogen and oxygen atoms in total. The minimum absolute atomic E-state index is 0.0506. The predicted octanol–water partition coefficient (Wildman–Crippen LogP) is 4.74. The molecule has 11 heteroatoms. The number of nitrogens with zero attached hydrogens (tertiary/aromatic N) is 3. The zero-order chi connectivity index (χ0) is 25.6. The number of alkyl halides is 3. The number of rotatable bonds is 5. The number of benzene rings is 2. The monoisotopic (exact) mass is 500 g/mol. The Hall–Kier alpha value is -4.02. The van der Waals surface area contributed by atoms with Crippen molar-refractivity contribution in [1.82, 2.24) is 14.8 Å². The van der Waals surface area contributed by atoms with Crippen LogP contribution in [0.25, 0.3) is 0 Å². The molecule has 36 heavy (non-hydrogen) atoms. The maximum absolute atomic E-state index is 13.9. The van der Waals surface area contributed by atoms with E-state index in [0.29, 0.717) is 29.4 Å². The maximum Gasteiger partial charge on any atom is 0.416 e.